The van der Waals surface area contributed by atoms with Gasteiger partial charge in [0, 0.05) is 42.5 Å². The molecule has 0 unspecified atom stereocenters. The van der Waals surface area contributed by atoms with Crippen LogP contribution in [0, 0.1) is 0 Å². The Balaban J connectivity index is 0.936. The lowest BCUT2D eigenvalue weighted by Crippen LogP contribution is -2.15. The van der Waals surface area contributed by atoms with Gasteiger partial charge in [-0.2, -0.15) is 9.97 Å². The fourth-order valence-electron chi connectivity index (χ4n) is 9.22. The van der Waals surface area contributed by atoms with Gasteiger partial charge in [-0.15, -0.1) is 0 Å². The molecule has 13 rings (SSSR count). The van der Waals surface area contributed by atoms with E-state index in [0.29, 0.717) is 17.6 Å². The number of anilines is 3. The highest BCUT2D eigenvalue weighted by atomic mass is 32.2. The molecule has 3 aromatic heterocycles. The molecule has 0 fully saturated rings. The molecule has 1 aliphatic heterocycles. The number of hydrogen-bond donors (Lipinski definition) is 0. The van der Waals surface area contributed by atoms with Crippen molar-refractivity contribution in [3.63, 3.8) is 0 Å². The van der Waals surface area contributed by atoms with Crippen LogP contribution in [0.1, 0.15) is 0 Å². The van der Waals surface area contributed by atoms with E-state index in [-0.39, 0.29) is 0 Å². The van der Waals surface area contributed by atoms with Crippen LogP contribution < -0.4 is 4.90 Å². The molecule has 6 nitrogen and oxygen atoms in total. The number of aromatic nitrogens is 4. The van der Waals surface area contributed by atoms with Crippen molar-refractivity contribution < 1.29 is 4.42 Å². The van der Waals surface area contributed by atoms with Gasteiger partial charge in [-0.05, 0) is 76.9 Å². The van der Waals surface area contributed by atoms with E-state index in [9.17, 15) is 0 Å². The minimum absolute atomic E-state index is 0.568. The Morgan fingerprint density at radius 2 is 0.922 bits per heavy atom. The van der Waals surface area contributed by atoms with Crippen LogP contribution in [0.5, 0.6) is 0 Å². The van der Waals surface area contributed by atoms with E-state index < -0.39 is 0 Å². The van der Waals surface area contributed by atoms with Crippen molar-refractivity contribution in [1.29, 1.82) is 0 Å². The van der Waals surface area contributed by atoms with Gasteiger partial charge in [-0.25, -0.2) is 4.98 Å². The predicted molar refractivity (Wildman–Crippen MR) is 262 cm³/mol. The average Bonchev–Trinajstić information content (AvgIpc) is 3.92. The second-order valence-electron chi connectivity index (χ2n) is 16.0. The first-order chi connectivity index (χ1) is 31.7. The summed E-state index contributed by atoms with van der Waals surface area (Å²) in [4.78, 5) is 20.2. The first-order valence-corrected chi connectivity index (χ1v) is 22.2. The first-order valence-electron chi connectivity index (χ1n) is 21.3. The van der Waals surface area contributed by atoms with E-state index in [1.165, 1.54) is 15.4 Å². The number of para-hydroxylation sites is 4. The highest BCUT2D eigenvalue weighted by molar-refractivity contribution is 7.99. The summed E-state index contributed by atoms with van der Waals surface area (Å²) in [5.74, 6) is 1.80. The van der Waals surface area contributed by atoms with Gasteiger partial charge >= 0.3 is 0 Å². The zero-order valence-corrected chi connectivity index (χ0v) is 35.1. The monoisotopic (exact) mass is 837 g/mol. The van der Waals surface area contributed by atoms with Gasteiger partial charge in [0.15, 0.2) is 17.2 Å². The maximum atomic E-state index is 6.58. The van der Waals surface area contributed by atoms with Gasteiger partial charge in [-0.1, -0.05) is 169 Å². The third-order valence-corrected chi connectivity index (χ3v) is 13.4. The molecule has 0 bridgehead atoms. The molecule has 0 spiro atoms. The molecule has 0 radical (unpaired) electrons. The van der Waals surface area contributed by atoms with Crippen LogP contribution in [-0.4, -0.2) is 19.5 Å². The summed E-state index contributed by atoms with van der Waals surface area (Å²) < 4.78 is 8.77. The number of fused-ring (bicyclic) bond motifs is 8. The summed E-state index contributed by atoms with van der Waals surface area (Å²) in [6, 6.07) is 74.5. The van der Waals surface area contributed by atoms with Gasteiger partial charge in [-0.3, -0.25) is 4.57 Å². The molecule has 0 N–H and O–H groups in total. The molecule has 4 heterocycles. The lowest BCUT2D eigenvalue weighted by atomic mass is 10.0. The Kier molecular flexibility index (Phi) is 8.35. The van der Waals surface area contributed by atoms with E-state index in [1.54, 1.807) is 0 Å². The van der Waals surface area contributed by atoms with E-state index in [2.05, 4.69) is 173 Å². The standard InChI is InChI=1S/C57H35N5OS/c1-3-14-36(15-4-1)37-26-28-39(29-27-37)56-58-55(38-16-5-2-6-17-38)59-57(60-56)62-46-21-9-7-18-42(46)45-34-40(30-32-47(45)62)41-31-33-49-53(35-41)64-52-25-12-10-22-48(52)61(49)50-23-13-20-44-43-19-8-11-24-51(43)63-54(44)50/h1-35H. The minimum atomic E-state index is 0.568. The Bertz CT molecular complexity index is 3770. The van der Waals surface area contributed by atoms with Crippen molar-refractivity contribution >= 4 is 72.6 Å². The van der Waals surface area contributed by atoms with Crippen molar-refractivity contribution in [3.05, 3.63) is 212 Å². The maximum absolute atomic E-state index is 6.58. The molecule has 64 heavy (non-hydrogen) atoms. The zero-order chi connectivity index (χ0) is 42.1. The lowest BCUT2D eigenvalue weighted by molar-refractivity contribution is 0.669. The Hall–Kier alpha value is -8.26. The quantitative estimate of drug-likeness (QED) is 0.166. The third kappa shape index (κ3) is 5.93. The predicted octanol–water partition coefficient (Wildman–Crippen LogP) is 15.5. The van der Waals surface area contributed by atoms with Crippen LogP contribution in [0.25, 0.3) is 94.7 Å². The van der Waals surface area contributed by atoms with Crippen molar-refractivity contribution in [3.8, 4) is 51.0 Å². The maximum Gasteiger partial charge on any atom is 0.238 e. The summed E-state index contributed by atoms with van der Waals surface area (Å²) in [5, 5.41) is 4.47. The van der Waals surface area contributed by atoms with Gasteiger partial charge < -0.3 is 9.32 Å². The van der Waals surface area contributed by atoms with Crippen molar-refractivity contribution in [2.45, 2.75) is 9.79 Å². The van der Waals surface area contributed by atoms with E-state index in [0.717, 1.165) is 88.6 Å². The first kappa shape index (κ1) is 36.4. The molecule has 12 aromatic rings. The lowest BCUT2D eigenvalue weighted by Gasteiger charge is -2.33. The number of nitrogens with zero attached hydrogens (tertiary/aromatic N) is 5. The Morgan fingerprint density at radius 3 is 1.75 bits per heavy atom. The molecule has 0 saturated heterocycles. The second kappa shape index (κ2) is 14.7. The van der Waals surface area contributed by atoms with Gasteiger partial charge in [0.05, 0.1) is 28.1 Å². The zero-order valence-electron chi connectivity index (χ0n) is 34.3. The fourth-order valence-corrected chi connectivity index (χ4v) is 10.3. The second-order valence-corrected chi connectivity index (χ2v) is 17.1. The molecule has 0 aliphatic carbocycles. The highest BCUT2D eigenvalue weighted by Crippen LogP contribution is 2.54. The summed E-state index contributed by atoms with van der Waals surface area (Å²) in [5.41, 5.74) is 13.5. The molecule has 7 heteroatoms. The van der Waals surface area contributed by atoms with Crippen LogP contribution in [-0.2, 0) is 0 Å². The summed E-state index contributed by atoms with van der Waals surface area (Å²) >= 11 is 1.81. The number of hydrogen-bond acceptors (Lipinski definition) is 6. The van der Waals surface area contributed by atoms with Gasteiger partial charge in [0.25, 0.3) is 0 Å². The van der Waals surface area contributed by atoms with Crippen LogP contribution in [0.2, 0.25) is 0 Å². The smallest absolute Gasteiger partial charge is 0.238 e. The van der Waals surface area contributed by atoms with Crippen LogP contribution >= 0.6 is 11.8 Å². The van der Waals surface area contributed by atoms with Crippen molar-refractivity contribution in [1.82, 2.24) is 19.5 Å². The molecule has 9 aromatic carbocycles. The average molecular weight is 838 g/mol. The normalized spacial score (nSPS) is 12.3. The molecular weight excluding hydrogens is 803 g/mol. The Labute approximate surface area is 372 Å². The van der Waals surface area contributed by atoms with Crippen molar-refractivity contribution in [2.75, 3.05) is 4.90 Å². The van der Waals surface area contributed by atoms with E-state index in [4.69, 9.17) is 19.4 Å². The summed E-state index contributed by atoms with van der Waals surface area (Å²) in [6.07, 6.45) is 0. The largest absolute Gasteiger partial charge is 0.454 e. The number of benzene rings is 9. The van der Waals surface area contributed by atoms with Crippen LogP contribution in [0.3, 0.4) is 0 Å². The summed E-state index contributed by atoms with van der Waals surface area (Å²) in [7, 11) is 0. The highest BCUT2D eigenvalue weighted by Gasteiger charge is 2.28. The van der Waals surface area contributed by atoms with Crippen LogP contribution in [0.4, 0.5) is 17.1 Å². The number of furan rings is 1. The van der Waals surface area contributed by atoms with E-state index >= 15 is 0 Å². The molecule has 1 aliphatic rings. The number of rotatable bonds is 6. The molecule has 0 atom stereocenters. The van der Waals surface area contributed by atoms with Crippen molar-refractivity contribution in [2.24, 2.45) is 0 Å². The molecule has 0 saturated carbocycles. The molecule has 0 amide bonds. The van der Waals surface area contributed by atoms with Gasteiger partial charge in [0.2, 0.25) is 5.95 Å². The topological polar surface area (TPSA) is 60.0 Å². The van der Waals surface area contributed by atoms with Crippen LogP contribution in [0.15, 0.2) is 227 Å². The van der Waals surface area contributed by atoms with Gasteiger partial charge in [0.1, 0.15) is 5.58 Å². The third-order valence-electron chi connectivity index (χ3n) is 12.3. The van der Waals surface area contributed by atoms with E-state index in [1.807, 2.05) is 60.3 Å². The SMILES string of the molecule is c1ccc(-c2ccc(-c3nc(-c4ccccc4)nc(-n4c5ccccc5c5cc(-c6ccc7c(c6)Sc6ccccc6N7c6cccc7c6oc6ccccc67)ccc54)n3)cc2)cc1. The molecule has 300 valence electrons. The molecular formula is C57H35N5OS. The summed E-state index contributed by atoms with van der Waals surface area (Å²) in [6.45, 7) is 0. The fraction of sp³-hybridized carbons (Fsp3) is 0. The Morgan fingerprint density at radius 1 is 0.359 bits per heavy atom. The minimum Gasteiger partial charge on any atom is -0.454 e.